The molecule has 0 radical (unpaired) electrons. The molecule has 0 atom stereocenters. The maximum atomic E-state index is 10.6. The van der Waals surface area contributed by atoms with Crippen molar-refractivity contribution in [3.05, 3.63) is 17.7 Å². The minimum absolute atomic E-state index is 0.180. The fourth-order valence-electron chi connectivity index (χ4n) is 1.01. The van der Waals surface area contributed by atoms with Gasteiger partial charge >= 0.3 is 5.97 Å². The van der Waals surface area contributed by atoms with Gasteiger partial charge in [0.15, 0.2) is 0 Å². The van der Waals surface area contributed by atoms with Crippen molar-refractivity contribution in [1.82, 2.24) is 15.1 Å². The molecule has 2 rings (SSSR count). The van der Waals surface area contributed by atoms with Gasteiger partial charge in [0.2, 0.25) is 11.3 Å². The van der Waals surface area contributed by atoms with Gasteiger partial charge in [-0.2, -0.15) is 0 Å². The van der Waals surface area contributed by atoms with Crippen LogP contribution in [0.2, 0.25) is 0 Å². The molecule has 0 unspecified atom stereocenters. The van der Waals surface area contributed by atoms with Crippen LogP contribution in [0, 0.1) is 6.92 Å². The first-order chi connectivity index (χ1) is 6.20. The zero-order valence-electron chi connectivity index (χ0n) is 6.68. The van der Waals surface area contributed by atoms with Crippen molar-refractivity contribution in [3.8, 4) is 0 Å². The summed E-state index contributed by atoms with van der Waals surface area (Å²) in [6, 6.07) is 0. The Kier molecular flexibility index (Phi) is 1.48. The van der Waals surface area contributed by atoms with Crippen LogP contribution in [0.5, 0.6) is 0 Å². The maximum absolute atomic E-state index is 10.6. The Morgan fingerprint density at radius 1 is 1.54 bits per heavy atom. The van der Waals surface area contributed by atoms with Crippen molar-refractivity contribution in [3.63, 3.8) is 0 Å². The highest BCUT2D eigenvalue weighted by molar-refractivity contribution is 5.98. The number of aryl methyl sites for hydroxylation is 1. The van der Waals surface area contributed by atoms with Crippen LogP contribution in [0.25, 0.3) is 11.1 Å². The number of nitrogens with zero attached hydrogens (tertiary/aromatic N) is 3. The van der Waals surface area contributed by atoms with E-state index in [4.69, 9.17) is 9.63 Å². The SMILES string of the molecule is Cc1ncnc2c(C(=O)O)noc12. The molecule has 2 aromatic heterocycles. The molecule has 1 N–H and O–H groups in total. The Morgan fingerprint density at radius 3 is 3.00 bits per heavy atom. The van der Waals surface area contributed by atoms with Crippen molar-refractivity contribution in [2.45, 2.75) is 6.92 Å². The highest BCUT2D eigenvalue weighted by Gasteiger charge is 2.17. The molecule has 0 spiro atoms. The lowest BCUT2D eigenvalue weighted by Crippen LogP contribution is -1.97. The van der Waals surface area contributed by atoms with E-state index in [1.807, 2.05) is 0 Å². The lowest BCUT2D eigenvalue weighted by Gasteiger charge is -1.89. The van der Waals surface area contributed by atoms with Gasteiger partial charge in [0.1, 0.15) is 11.8 Å². The molecule has 0 saturated carbocycles. The third-order valence-electron chi connectivity index (χ3n) is 1.64. The molecule has 0 aliphatic rings. The molecule has 6 heteroatoms. The van der Waals surface area contributed by atoms with E-state index in [2.05, 4.69) is 15.1 Å². The molecule has 2 heterocycles. The number of hydrogen-bond acceptors (Lipinski definition) is 5. The molecule has 13 heavy (non-hydrogen) atoms. The van der Waals surface area contributed by atoms with Crippen molar-refractivity contribution < 1.29 is 14.4 Å². The highest BCUT2D eigenvalue weighted by atomic mass is 16.5. The number of aromatic carboxylic acids is 1. The molecule has 0 saturated heterocycles. The molecule has 2 aromatic rings. The summed E-state index contributed by atoms with van der Waals surface area (Å²) < 4.78 is 4.79. The first kappa shape index (κ1) is 7.66. The molecule has 0 bridgehead atoms. The molecule has 0 aliphatic carbocycles. The van der Waals surface area contributed by atoms with E-state index in [0.29, 0.717) is 11.3 Å². The topological polar surface area (TPSA) is 89.1 Å². The third kappa shape index (κ3) is 1.03. The van der Waals surface area contributed by atoms with Gasteiger partial charge in [-0.1, -0.05) is 5.16 Å². The van der Waals surface area contributed by atoms with Crippen LogP contribution in [0.4, 0.5) is 0 Å². The average Bonchev–Trinajstić information content (AvgIpc) is 2.48. The van der Waals surface area contributed by atoms with Gasteiger partial charge < -0.3 is 9.63 Å². The number of aromatic nitrogens is 3. The van der Waals surface area contributed by atoms with Crippen LogP contribution >= 0.6 is 0 Å². The predicted octanol–water partition coefficient (Wildman–Crippen LogP) is 0.624. The summed E-state index contributed by atoms with van der Waals surface area (Å²) >= 11 is 0. The minimum atomic E-state index is -1.16. The van der Waals surface area contributed by atoms with Gasteiger partial charge in [0.25, 0.3) is 0 Å². The molecule has 66 valence electrons. The summed E-state index contributed by atoms with van der Waals surface area (Å²) in [5, 5.41) is 12.1. The molecule has 0 aromatic carbocycles. The van der Waals surface area contributed by atoms with Crippen LogP contribution in [-0.2, 0) is 0 Å². The van der Waals surface area contributed by atoms with Gasteiger partial charge in [-0.3, -0.25) is 0 Å². The molecule has 0 amide bonds. The summed E-state index contributed by atoms with van der Waals surface area (Å²) in [6.07, 6.45) is 1.28. The number of fused-ring (bicyclic) bond motifs is 1. The van der Waals surface area contributed by atoms with Crippen molar-refractivity contribution >= 4 is 17.1 Å². The molecule has 0 fully saturated rings. The van der Waals surface area contributed by atoms with Crippen molar-refractivity contribution in [1.29, 1.82) is 0 Å². The number of hydrogen-bond donors (Lipinski definition) is 1. The van der Waals surface area contributed by atoms with Gasteiger partial charge in [0.05, 0.1) is 5.69 Å². The van der Waals surface area contributed by atoms with E-state index >= 15 is 0 Å². The summed E-state index contributed by atoms with van der Waals surface area (Å²) in [4.78, 5) is 18.2. The summed E-state index contributed by atoms with van der Waals surface area (Å²) in [5.41, 5.74) is 0.949. The Morgan fingerprint density at radius 2 is 2.31 bits per heavy atom. The van der Waals surface area contributed by atoms with E-state index in [-0.39, 0.29) is 11.2 Å². The fraction of sp³-hybridized carbons (Fsp3) is 0.143. The minimum Gasteiger partial charge on any atom is -0.476 e. The normalized spacial score (nSPS) is 10.5. The standard InChI is InChI=1S/C7H5N3O3/c1-3-6-4(9-2-8-3)5(7(11)12)10-13-6/h2H,1H3,(H,11,12). The quantitative estimate of drug-likeness (QED) is 0.690. The zero-order valence-corrected chi connectivity index (χ0v) is 6.68. The lowest BCUT2D eigenvalue weighted by atomic mass is 10.3. The maximum Gasteiger partial charge on any atom is 0.360 e. The van der Waals surface area contributed by atoms with Crippen LogP contribution in [0.1, 0.15) is 16.2 Å². The van der Waals surface area contributed by atoms with E-state index in [1.54, 1.807) is 6.92 Å². The summed E-state index contributed by atoms with van der Waals surface area (Å²) in [5.74, 6) is -1.16. The fourth-order valence-corrected chi connectivity index (χ4v) is 1.01. The predicted molar refractivity (Wildman–Crippen MR) is 41.3 cm³/mol. The second kappa shape index (κ2) is 2.51. The smallest absolute Gasteiger partial charge is 0.360 e. The Bertz CT molecular complexity index is 477. The zero-order chi connectivity index (χ0) is 9.42. The Hall–Kier alpha value is -1.98. The van der Waals surface area contributed by atoms with Crippen LogP contribution in [-0.4, -0.2) is 26.2 Å². The van der Waals surface area contributed by atoms with E-state index in [0.717, 1.165) is 0 Å². The molecular formula is C7H5N3O3. The van der Waals surface area contributed by atoms with Gasteiger partial charge in [-0.25, -0.2) is 14.8 Å². The first-order valence-corrected chi connectivity index (χ1v) is 3.50. The number of carboxylic acids is 1. The first-order valence-electron chi connectivity index (χ1n) is 3.50. The second-order valence-corrected chi connectivity index (χ2v) is 2.47. The second-order valence-electron chi connectivity index (χ2n) is 2.47. The van der Waals surface area contributed by atoms with Gasteiger partial charge in [0, 0.05) is 0 Å². The summed E-state index contributed by atoms with van der Waals surface area (Å²) in [7, 11) is 0. The van der Waals surface area contributed by atoms with Gasteiger partial charge in [-0.15, -0.1) is 0 Å². The molecule has 0 aliphatic heterocycles. The lowest BCUT2D eigenvalue weighted by molar-refractivity contribution is 0.0687. The van der Waals surface area contributed by atoms with E-state index in [1.165, 1.54) is 6.33 Å². The number of carbonyl (C=O) groups is 1. The van der Waals surface area contributed by atoms with Crippen molar-refractivity contribution in [2.75, 3.05) is 0 Å². The van der Waals surface area contributed by atoms with Crippen LogP contribution in [0.15, 0.2) is 10.9 Å². The Balaban J connectivity index is 2.83. The van der Waals surface area contributed by atoms with Crippen molar-refractivity contribution in [2.24, 2.45) is 0 Å². The number of rotatable bonds is 1. The van der Waals surface area contributed by atoms with Gasteiger partial charge in [-0.05, 0) is 6.92 Å². The van der Waals surface area contributed by atoms with Crippen LogP contribution < -0.4 is 0 Å². The third-order valence-corrected chi connectivity index (χ3v) is 1.64. The molecular weight excluding hydrogens is 174 g/mol. The van der Waals surface area contributed by atoms with E-state index < -0.39 is 5.97 Å². The monoisotopic (exact) mass is 179 g/mol. The Labute approximate surface area is 72.2 Å². The van der Waals surface area contributed by atoms with Crippen LogP contribution in [0.3, 0.4) is 0 Å². The van der Waals surface area contributed by atoms with E-state index in [9.17, 15) is 4.79 Å². The highest BCUT2D eigenvalue weighted by Crippen LogP contribution is 2.16. The molecule has 6 nitrogen and oxygen atoms in total. The number of carboxylic acid groups (broad SMARTS) is 1. The summed E-state index contributed by atoms with van der Waals surface area (Å²) in [6.45, 7) is 1.70. The largest absolute Gasteiger partial charge is 0.476 e. The average molecular weight is 179 g/mol.